The van der Waals surface area contributed by atoms with Crippen LogP contribution in [0.15, 0.2) is 17.5 Å². The normalized spacial score (nSPS) is 40.8. The molecular weight excluding hydrogens is 490 g/mol. The van der Waals surface area contributed by atoms with Crippen LogP contribution in [-0.2, 0) is 14.4 Å². The second-order valence-electron chi connectivity index (χ2n) is 14.4. The third-order valence-corrected chi connectivity index (χ3v) is 13.5. The minimum Gasteiger partial charge on any atom is -0.348 e. The Morgan fingerprint density at radius 3 is 2.53 bits per heavy atom. The molecule has 5 aliphatic carbocycles. The van der Waals surface area contributed by atoms with Gasteiger partial charge in [0.1, 0.15) is 11.6 Å². The number of hydrogen-bond donors (Lipinski definition) is 1. The Hall–Kier alpha value is -1.49. The summed E-state index contributed by atoms with van der Waals surface area (Å²) in [5.41, 5.74) is 0.289. The number of ketones is 2. The van der Waals surface area contributed by atoms with E-state index in [1.54, 1.807) is 11.3 Å². The Balaban J connectivity index is 1.15. The Kier molecular flexibility index (Phi) is 7.15. The zero-order valence-corrected chi connectivity index (χ0v) is 24.5. The van der Waals surface area contributed by atoms with Gasteiger partial charge in [-0.25, -0.2) is 0 Å². The second-order valence-corrected chi connectivity index (χ2v) is 15.3. The molecule has 5 saturated carbocycles. The van der Waals surface area contributed by atoms with E-state index < -0.39 is 0 Å². The quantitative estimate of drug-likeness (QED) is 0.408. The van der Waals surface area contributed by atoms with Crippen LogP contribution in [0.3, 0.4) is 0 Å². The van der Waals surface area contributed by atoms with Gasteiger partial charge in [0, 0.05) is 36.5 Å². The third kappa shape index (κ3) is 4.43. The molecule has 1 heterocycles. The molecule has 9 atom stereocenters. The number of nitrogens with one attached hydrogen (secondary N) is 1. The summed E-state index contributed by atoms with van der Waals surface area (Å²) in [6, 6.07) is 4.45. The number of carbonyl (C=O) groups is 3. The highest BCUT2D eigenvalue weighted by Crippen LogP contribution is 2.67. The molecule has 1 N–H and O–H groups in total. The van der Waals surface area contributed by atoms with Gasteiger partial charge in [0.05, 0.1) is 6.04 Å². The lowest BCUT2D eigenvalue weighted by Crippen LogP contribution is -2.57. The predicted molar refractivity (Wildman–Crippen MR) is 152 cm³/mol. The van der Waals surface area contributed by atoms with Crippen LogP contribution in [0.2, 0.25) is 0 Å². The van der Waals surface area contributed by atoms with Gasteiger partial charge in [-0.1, -0.05) is 39.7 Å². The van der Waals surface area contributed by atoms with Crippen molar-refractivity contribution >= 4 is 28.8 Å². The molecule has 0 radical (unpaired) electrons. The molecular formula is C33H47NO3S. The van der Waals surface area contributed by atoms with Crippen molar-refractivity contribution < 1.29 is 14.4 Å². The first-order valence-corrected chi connectivity index (χ1v) is 16.5. The summed E-state index contributed by atoms with van der Waals surface area (Å²) in [7, 11) is 0. The molecule has 0 saturated heterocycles. The SMILES string of the molecule is C[C@H](CC(=O)NC(c1cccs1)C1CCCC1)C1CC[C@H]2[C@@H]3C(=O)C[C@@H]4CC(=O)CC[C@]4(C)[C@H]3CC[C@]12C. The molecule has 1 amide bonds. The van der Waals surface area contributed by atoms with Crippen LogP contribution in [-0.4, -0.2) is 17.5 Å². The summed E-state index contributed by atoms with van der Waals surface area (Å²) >= 11 is 1.77. The second kappa shape index (κ2) is 10.2. The highest BCUT2D eigenvalue weighted by atomic mass is 32.1. The summed E-state index contributed by atoms with van der Waals surface area (Å²) in [5.74, 6) is 3.71. The van der Waals surface area contributed by atoms with Crippen LogP contribution < -0.4 is 5.32 Å². The van der Waals surface area contributed by atoms with Crippen LogP contribution in [0.1, 0.15) is 115 Å². The maximum atomic E-state index is 13.7. The minimum absolute atomic E-state index is 0.142. The lowest BCUT2D eigenvalue weighted by Gasteiger charge is -2.59. The van der Waals surface area contributed by atoms with Gasteiger partial charge in [0.25, 0.3) is 0 Å². The number of fused-ring (bicyclic) bond motifs is 5. The molecule has 38 heavy (non-hydrogen) atoms. The van der Waals surface area contributed by atoms with Crippen molar-refractivity contribution in [3.05, 3.63) is 22.4 Å². The van der Waals surface area contributed by atoms with Crippen molar-refractivity contribution in [1.29, 1.82) is 0 Å². The van der Waals surface area contributed by atoms with E-state index in [0.717, 1.165) is 25.7 Å². The highest BCUT2D eigenvalue weighted by molar-refractivity contribution is 7.10. The lowest BCUT2D eigenvalue weighted by molar-refractivity contribution is -0.159. The van der Waals surface area contributed by atoms with Gasteiger partial charge in [-0.3, -0.25) is 14.4 Å². The highest BCUT2D eigenvalue weighted by Gasteiger charge is 2.63. The molecule has 0 spiro atoms. The van der Waals surface area contributed by atoms with Crippen LogP contribution in [0, 0.1) is 52.3 Å². The van der Waals surface area contributed by atoms with E-state index in [1.165, 1.54) is 37.0 Å². The van der Waals surface area contributed by atoms with Gasteiger partial charge in [-0.05, 0) is 103 Å². The van der Waals surface area contributed by atoms with Crippen LogP contribution in [0.4, 0.5) is 0 Å². The first kappa shape index (κ1) is 26.7. The summed E-state index contributed by atoms with van der Waals surface area (Å²) in [5, 5.41) is 5.61. The molecule has 1 aromatic rings. The molecule has 0 aliphatic heterocycles. The number of carbonyl (C=O) groups excluding carboxylic acids is 3. The van der Waals surface area contributed by atoms with E-state index in [2.05, 4.69) is 43.6 Å². The molecule has 0 aromatic carbocycles. The van der Waals surface area contributed by atoms with Crippen molar-refractivity contribution in [2.45, 2.75) is 110 Å². The Labute approximate surface area is 233 Å². The van der Waals surface area contributed by atoms with E-state index in [1.807, 2.05) is 0 Å². The molecule has 0 bridgehead atoms. The van der Waals surface area contributed by atoms with Crippen molar-refractivity contribution in [2.24, 2.45) is 52.3 Å². The van der Waals surface area contributed by atoms with Crippen LogP contribution in [0.5, 0.6) is 0 Å². The molecule has 5 heteroatoms. The first-order chi connectivity index (χ1) is 18.2. The fraction of sp³-hybridized carbons (Fsp3) is 0.788. The molecule has 5 aliphatic rings. The van der Waals surface area contributed by atoms with Gasteiger partial charge in [0.15, 0.2) is 0 Å². The number of rotatable bonds is 6. The van der Waals surface area contributed by atoms with Crippen LogP contribution >= 0.6 is 11.3 Å². The Bertz CT molecular complexity index is 1060. The molecule has 4 nitrogen and oxygen atoms in total. The standard InChI is InChI=1S/C33H47NO3S/c1-20(17-29(37)34-31(21-7-4-5-8-21)28-9-6-16-38-28)24-10-11-25-30-26(13-15-33(24,25)3)32(2)14-12-23(35)18-22(32)19-27(30)36/h6,9,16,20-22,24-26,30-31H,4-5,7-8,10-15,17-19H2,1-3H3,(H,34,37)/t20-,22+,24?,25+,26+,30+,31?,32+,33-/m1/s1. The maximum absolute atomic E-state index is 13.7. The number of Topliss-reactive ketones (excluding diaryl/α,β-unsaturated/α-hetero) is 2. The molecule has 6 rings (SSSR count). The number of hydrogen-bond acceptors (Lipinski definition) is 4. The molecule has 1 aromatic heterocycles. The van der Waals surface area contributed by atoms with Crippen molar-refractivity contribution in [3.8, 4) is 0 Å². The monoisotopic (exact) mass is 537 g/mol. The molecule has 2 unspecified atom stereocenters. The zero-order chi connectivity index (χ0) is 26.7. The number of amides is 1. The Morgan fingerprint density at radius 1 is 1.03 bits per heavy atom. The largest absolute Gasteiger partial charge is 0.348 e. The summed E-state index contributed by atoms with van der Waals surface area (Å²) in [4.78, 5) is 40.6. The van der Waals surface area contributed by atoms with E-state index in [-0.39, 0.29) is 34.6 Å². The van der Waals surface area contributed by atoms with Crippen molar-refractivity contribution in [1.82, 2.24) is 5.32 Å². The maximum Gasteiger partial charge on any atom is 0.220 e. The van der Waals surface area contributed by atoms with Gasteiger partial charge < -0.3 is 5.32 Å². The predicted octanol–water partition coefficient (Wildman–Crippen LogP) is 7.53. The van der Waals surface area contributed by atoms with Crippen molar-refractivity contribution in [3.63, 3.8) is 0 Å². The smallest absolute Gasteiger partial charge is 0.220 e. The van der Waals surface area contributed by atoms with Gasteiger partial charge in [0.2, 0.25) is 5.91 Å². The summed E-state index contributed by atoms with van der Waals surface area (Å²) in [6.45, 7) is 7.16. The summed E-state index contributed by atoms with van der Waals surface area (Å²) < 4.78 is 0. The van der Waals surface area contributed by atoms with E-state index in [9.17, 15) is 14.4 Å². The van der Waals surface area contributed by atoms with E-state index in [0.29, 0.717) is 66.8 Å². The van der Waals surface area contributed by atoms with E-state index in [4.69, 9.17) is 0 Å². The summed E-state index contributed by atoms with van der Waals surface area (Å²) in [6.07, 6.45) is 13.0. The van der Waals surface area contributed by atoms with E-state index >= 15 is 0 Å². The lowest BCUT2D eigenvalue weighted by atomic mass is 9.44. The molecule has 5 fully saturated rings. The average molecular weight is 538 g/mol. The van der Waals surface area contributed by atoms with Gasteiger partial charge in [-0.2, -0.15) is 0 Å². The fourth-order valence-corrected chi connectivity index (χ4v) is 11.4. The third-order valence-electron chi connectivity index (χ3n) is 12.6. The average Bonchev–Trinajstić information content (AvgIpc) is 3.65. The minimum atomic E-state index is 0.142. The Morgan fingerprint density at radius 2 is 1.79 bits per heavy atom. The van der Waals surface area contributed by atoms with Crippen molar-refractivity contribution in [2.75, 3.05) is 0 Å². The number of thiophene rings is 1. The van der Waals surface area contributed by atoms with Crippen LogP contribution in [0.25, 0.3) is 0 Å². The van der Waals surface area contributed by atoms with Gasteiger partial charge in [-0.15, -0.1) is 11.3 Å². The fourth-order valence-electron chi connectivity index (χ4n) is 10.5. The zero-order valence-electron chi connectivity index (χ0n) is 23.7. The topological polar surface area (TPSA) is 63.2 Å². The van der Waals surface area contributed by atoms with Gasteiger partial charge >= 0.3 is 0 Å². The molecule has 208 valence electrons. The first-order valence-electron chi connectivity index (χ1n) is 15.6.